The Labute approximate surface area is 90.9 Å². The van der Waals surface area contributed by atoms with Gasteiger partial charge in [0.25, 0.3) is 0 Å². The third-order valence-electron chi connectivity index (χ3n) is 2.15. The van der Waals surface area contributed by atoms with Gasteiger partial charge in [-0.3, -0.25) is 4.79 Å². The molecule has 1 aliphatic heterocycles. The number of aldehydes is 1. The Bertz CT molecular complexity index is 475. The molecule has 1 N–H and O–H groups in total. The lowest BCUT2D eigenvalue weighted by molar-refractivity contribution is -0.130. The summed E-state index contributed by atoms with van der Waals surface area (Å²) in [5.74, 6) is -0.110. The summed E-state index contributed by atoms with van der Waals surface area (Å²) >= 11 is 0. The first-order valence-corrected chi connectivity index (χ1v) is 4.51. The van der Waals surface area contributed by atoms with Crippen molar-refractivity contribution in [2.75, 3.05) is 6.79 Å². The molecule has 0 atom stereocenters. The Morgan fingerprint density at radius 1 is 1.31 bits per heavy atom. The van der Waals surface area contributed by atoms with E-state index >= 15 is 0 Å². The number of benzene rings is 1. The number of carboxylic acids is 1. The number of carbonyl (C=O) groups is 2. The van der Waals surface area contributed by atoms with Crippen LogP contribution in [0.15, 0.2) is 24.3 Å². The molecule has 0 saturated heterocycles. The van der Waals surface area contributed by atoms with Gasteiger partial charge in [0, 0.05) is 0 Å². The summed E-state index contributed by atoms with van der Waals surface area (Å²) in [5, 5.41) is 8.91. The molecule has 0 unspecified atom stereocenters. The van der Waals surface area contributed by atoms with Crippen molar-refractivity contribution < 1.29 is 24.2 Å². The van der Waals surface area contributed by atoms with Gasteiger partial charge in [0.15, 0.2) is 11.5 Å². The number of aliphatic carboxylic acids is 1. The molecule has 0 saturated carbocycles. The molecule has 5 heteroatoms. The second-order valence-corrected chi connectivity index (χ2v) is 3.09. The first-order valence-electron chi connectivity index (χ1n) is 4.51. The molecule has 0 fully saturated rings. The minimum Gasteiger partial charge on any atom is -0.478 e. The minimum atomic E-state index is -1.16. The maximum absolute atomic E-state index is 10.9. The van der Waals surface area contributed by atoms with Crippen LogP contribution in [0.3, 0.4) is 0 Å². The van der Waals surface area contributed by atoms with Crippen LogP contribution >= 0.6 is 0 Å². The van der Waals surface area contributed by atoms with Crippen molar-refractivity contribution in [1.82, 2.24) is 0 Å². The molecular formula is C11H8O5. The van der Waals surface area contributed by atoms with Crippen LogP contribution in [0.5, 0.6) is 11.5 Å². The second-order valence-electron chi connectivity index (χ2n) is 3.09. The van der Waals surface area contributed by atoms with Crippen molar-refractivity contribution in [2.45, 2.75) is 0 Å². The lowest BCUT2D eigenvalue weighted by Crippen LogP contribution is -2.00. The van der Waals surface area contributed by atoms with Gasteiger partial charge in [0.1, 0.15) is 6.29 Å². The summed E-state index contributed by atoms with van der Waals surface area (Å²) in [7, 11) is 0. The van der Waals surface area contributed by atoms with Crippen molar-refractivity contribution in [3.63, 3.8) is 0 Å². The summed E-state index contributed by atoms with van der Waals surface area (Å²) in [6.07, 6.45) is 1.44. The predicted octanol–water partition coefficient (Wildman–Crippen LogP) is 1.08. The highest BCUT2D eigenvalue weighted by Gasteiger charge is 2.17. The molecule has 0 bridgehead atoms. The maximum Gasteiger partial charge on any atom is 0.336 e. The summed E-state index contributed by atoms with van der Waals surface area (Å²) in [6.45, 7) is 0.124. The molecule has 1 aromatic rings. The predicted molar refractivity (Wildman–Crippen MR) is 54.2 cm³/mol. The van der Waals surface area contributed by atoms with Gasteiger partial charge in [0.2, 0.25) is 6.79 Å². The molecule has 2 rings (SSSR count). The van der Waals surface area contributed by atoms with Crippen LogP contribution < -0.4 is 9.47 Å². The number of hydrogen-bond donors (Lipinski definition) is 1. The van der Waals surface area contributed by atoms with E-state index in [1.54, 1.807) is 12.1 Å². The van der Waals surface area contributed by atoms with Crippen molar-refractivity contribution in [3.8, 4) is 11.5 Å². The molecule has 0 amide bonds. The number of carboxylic acid groups (broad SMARTS) is 1. The Kier molecular flexibility index (Phi) is 2.59. The second kappa shape index (κ2) is 4.06. The van der Waals surface area contributed by atoms with E-state index in [2.05, 4.69) is 0 Å². The zero-order chi connectivity index (χ0) is 11.5. The Morgan fingerprint density at radius 2 is 2.06 bits per heavy atom. The topological polar surface area (TPSA) is 72.8 Å². The first kappa shape index (κ1) is 10.2. The lowest BCUT2D eigenvalue weighted by atomic mass is 10.1. The summed E-state index contributed by atoms with van der Waals surface area (Å²) in [4.78, 5) is 21.2. The monoisotopic (exact) mass is 220 g/mol. The summed E-state index contributed by atoms with van der Waals surface area (Å²) in [5.41, 5.74) is 0.331. The van der Waals surface area contributed by atoms with Gasteiger partial charge < -0.3 is 14.6 Å². The van der Waals surface area contributed by atoms with Crippen LogP contribution in [-0.4, -0.2) is 24.2 Å². The van der Waals surface area contributed by atoms with E-state index in [0.29, 0.717) is 23.3 Å². The zero-order valence-corrected chi connectivity index (χ0v) is 8.17. The Balaban J connectivity index is 2.43. The molecule has 0 radical (unpaired) electrons. The van der Waals surface area contributed by atoms with Gasteiger partial charge in [-0.15, -0.1) is 0 Å². The van der Waals surface area contributed by atoms with Crippen LogP contribution in [0.1, 0.15) is 5.56 Å². The smallest absolute Gasteiger partial charge is 0.336 e. The number of ether oxygens (including phenoxy) is 2. The molecule has 82 valence electrons. The van der Waals surface area contributed by atoms with Crippen LogP contribution in [0.25, 0.3) is 5.57 Å². The molecule has 0 spiro atoms. The maximum atomic E-state index is 10.9. The number of rotatable bonds is 3. The highest BCUT2D eigenvalue weighted by molar-refractivity contribution is 6.18. The number of carbonyl (C=O) groups excluding carboxylic acids is 1. The van der Waals surface area contributed by atoms with Gasteiger partial charge in [-0.05, 0) is 23.8 Å². The van der Waals surface area contributed by atoms with E-state index in [0.717, 1.165) is 6.08 Å². The highest BCUT2D eigenvalue weighted by Crippen LogP contribution is 2.34. The third kappa shape index (κ3) is 1.75. The van der Waals surface area contributed by atoms with Crippen molar-refractivity contribution in [2.24, 2.45) is 0 Å². The Morgan fingerprint density at radius 3 is 2.75 bits per heavy atom. The quantitative estimate of drug-likeness (QED) is 0.609. The normalized spacial score (nSPS) is 13.6. The molecular weight excluding hydrogens is 212 g/mol. The lowest BCUT2D eigenvalue weighted by Gasteiger charge is -2.02. The van der Waals surface area contributed by atoms with Crippen LogP contribution in [0, 0.1) is 0 Å². The molecule has 16 heavy (non-hydrogen) atoms. The summed E-state index contributed by atoms with van der Waals surface area (Å²) < 4.78 is 10.2. The minimum absolute atomic E-state index is 0.0756. The van der Waals surface area contributed by atoms with E-state index in [1.807, 2.05) is 0 Å². The van der Waals surface area contributed by atoms with Gasteiger partial charge in [-0.25, -0.2) is 4.79 Å². The number of fused-ring (bicyclic) bond motifs is 1. The standard InChI is InChI=1S/C11H8O5/c12-4-3-8(11(13)14)7-1-2-9-10(5-7)16-6-15-9/h1-5H,6H2,(H,13,14). The van der Waals surface area contributed by atoms with E-state index in [1.165, 1.54) is 6.07 Å². The molecule has 1 heterocycles. The molecule has 5 nitrogen and oxygen atoms in total. The Hall–Kier alpha value is -2.30. The van der Waals surface area contributed by atoms with E-state index in [-0.39, 0.29) is 12.4 Å². The fourth-order valence-electron chi connectivity index (χ4n) is 1.42. The average Bonchev–Trinajstić information content (AvgIpc) is 2.72. The van der Waals surface area contributed by atoms with Gasteiger partial charge >= 0.3 is 5.97 Å². The van der Waals surface area contributed by atoms with Crippen molar-refractivity contribution in [3.05, 3.63) is 29.8 Å². The van der Waals surface area contributed by atoms with Crippen LogP contribution in [0.4, 0.5) is 0 Å². The van der Waals surface area contributed by atoms with E-state index < -0.39 is 5.97 Å². The molecule has 1 aromatic carbocycles. The van der Waals surface area contributed by atoms with E-state index in [4.69, 9.17) is 14.6 Å². The van der Waals surface area contributed by atoms with Gasteiger partial charge in [-0.1, -0.05) is 6.07 Å². The fourth-order valence-corrected chi connectivity index (χ4v) is 1.42. The van der Waals surface area contributed by atoms with Crippen LogP contribution in [0.2, 0.25) is 0 Å². The van der Waals surface area contributed by atoms with Crippen LogP contribution in [-0.2, 0) is 9.59 Å². The molecule has 0 aliphatic carbocycles. The zero-order valence-electron chi connectivity index (χ0n) is 8.17. The molecule has 0 aromatic heterocycles. The first-order chi connectivity index (χ1) is 7.72. The third-order valence-corrected chi connectivity index (χ3v) is 2.15. The SMILES string of the molecule is O=CC=C(C(=O)O)c1ccc2c(c1)OCO2. The number of allylic oxidation sites excluding steroid dienone is 1. The van der Waals surface area contributed by atoms with Crippen molar-refractivity contribution >= 4 is 17.8 Å². The van der Waals surface area contributed by atoms with E-state index in [9.17, 15) is 9.59 Å². The summed E-state index contributed by atoms with van der Waals surface area (Å²) in [6, 6.07) is 4.71. The average molecular weight is 220 g/mol. The largest absolute Gasteiger partial charge is 0.478 e. The van der Waals surface area contributed by atoms with Crippen molar-refractivity contribution in [1.29, 1.82) is 0 Å². The highest BCUT2D eigenvalue weighted by atomic mass is 16.7. The number of hydrogen-bond acceptors (Lipinski definition) is 4. The fraction of sp³-hybridized carbons (Fsp3) is 0.0909. The van der Waals surface area contributed by atoms with Gasteiger partial charge in [-0.2, -0.15) is 0 Å². The van der Waals surface area contributed by atoms with Gasteiger partial charge in [0.05, 0.1) is 5.57 Å². The molecule has 1 aliphatic rings.